The summed E-state index contributed by atoms with van der Waals surface area (Å²) in [6.45, 7) is 5.92. The van der Waals surface area contributed by atoms with E-state index in [2.05, 4.69) is 11.8 Å². The highest BCUT2D eigenvalue weighted by Crippen LogP contribution is 2.20. The van der Waals surface area contributed by atoms with Gasteiger partial charge in [0.15, 0.2) is 0 Å². The first-order valence-electron chi connectivity index (χ1n) is 9.32. The Morgan fingerprint density at radius 1 is 1.11 bits per heavy atom. The van der Waals surface area contributed by atoms with E-state index in [1.807, 2.05) is 31.2 Å². The normalized spacial score (nSPS) is 20.8. The van der Waals surface area contributed by atoms with Crippen molar-refractivity contribution in [1.82, 2.24) is 4.90 Å². The van der Waals surface area contributed by atoms with Crippen LogP contribution in [0.5, 0.6) is 5.75 Å². The fourth-order valence-electron chi connectivity index (χ4n) is 3.10. The summed E-state index contributed by atoms with van der Waals surface area (Å²) in [4.78, 5) is 2.44. The predicted octanol–water partition coefficient (Wildman–Crippen LogP) is 3.00. The first kappa shape index (κ1) is 20.8. The number of methoxy groups -OCH3 is 1. The van der Waals surface area contributed by atoms with Crippen LogP contribution in [-0.2, 0) is 25.6 Å². The molecule has 6 nitrogen and oxygen atoms in total. The fourth-order valence-corrected chi connectivity index (χ4v) is 4.04. The topological polar surface area (TPSA) is 65.1 Å². The quantitative estimate of drug-likeness (QED) is 0.660. The largest absolute Gasteiger partial charge is 0.497 e. The Bertz CT molecular complexity index is 865. The third-order valence-corrected chi connectivity index (χ3v) is 6.19. The first-order valence-corrected chi connectivity index (χ1v) is 10.7. The van der Waals surface area contributed by atoms with E-state index in [1.54, 1.807) is 31.4 Å². The second-order valence-electron chi connectivity index (χ2n) is 7.13. The third-order valence-electron chi connectivity index (χ3n) is 4.90. The van der Waals surface area contributed by atoms with E-state index in [0.717, 1.165) is 17.9 Å². The molecule has 3 rings (SSSR count). The maximum Gasteiger partial charge on any atom is 0.297 e. The molecule has 2 atom stereocenters. The van der Waals surface area contributed by atoms with Gasteiger partial charge in [0.2, 0.25) is 0 Å². The predicted molar refractivity (Wildman–Crippen MR) is 107 cm³/mol. The van der Waals surface area contributed by atoms with Gasteiger partial charge in [0.1, 0.15) is 5.75 Å². The molecule has 1 fully saturated rings. The van der Waals surface area contributed by atoms with Gasteiger partial charge < -0.3 is 9.47 Å². The van der Waals surface area contributed by atoms with Crippen molar-refractivity contribution in [3.8, 4) is 5.75 Å². The van der Waals surface area contributed by atoms with E-state index in [4.69, 9.17) is 13.7 Å². The maximum absolute atomic E-state index is 12.4. The highest BCUT2D eigenvalue weighted by atomic mass is 32.2. The second-order valence-corrected chi connectivity index (χ2v) is 8.75. The van der Waals surface area contributed by atoms with Gasteiger partial charge in [0, 0.05) is 19.1 Å². The van der Waals surface area contributed by atoms with E-state index in [0.29, 0.717) is 13.2 Å². The molecule has 1 aliphatic rings. The van der Waals surface area contributed by atoms with E-state index < -0.39 is 10.1 Å². The molecule has 7 heteroatoms. The van der Waals surface area contributed by atoms with Gasteiger partial charge in [-0.3, -0.25) is 9.08 Å². The Morgan fingerprint density at radius 2 is 1.79 bits per heavy atom. The highest BCUT2D eigenvalue weighted by Gasteiger charge is 2.28. The van der Waals surface area contributed by atoms with Crippen LogP contribution in [0.4, 0.5) is 0 Å². The van der Waals surface area contributed by atoms with Crippen LogP contribution in [0.15, 0.2) is 53.4 Å². The van der Waals surface area contributed by atoms with Gasteiger partial charge in [-0.15, -0.1) is 0 Å². The third kappa shape index (κ3) is 5.32. The van der Waals surface area contributed by atoms with Crippen LogP contribution in [0.2, 0.25) is 0 Å². The molecule has 2 aromatic rings. The van der Waals surface area contributed by atoms with Crippen LogP contribution in [0.25, 0.3) is 0 Å². The number of morpholine rings is 1. The van der Waals surface area contributed by atoms with Gasteiger partial charge in [-0.2, -0.15) is 8.42 Å². The lowest BCUT2D eigenvalue weighted by atomic mass is 10.1. The summed E-state index contributed by atoms with van der Waals surface area (Å²) in [5, 5.41) is 0. The number of aryl methyl sites for hydroxylation is 1. The molecular formula is C21H27NO5S. The van der Waals surface area contributed by atoms with Crippen molar-refractivity contribution >= 4 is 10.1 Å². The maximum atomic E-state index is 12.4. The highest BCUT2D eigenvalue weighted by molar-refractivity contribution is 7.86. The Hall–Kier alpha value is -1.93. The summed E-state index contributed by atoms with van der Waals surface area (Å²) in [6.07, 6.45) is -0.297. The molecule has 152 valence electrons. The smallest absolute Gasteiger partial charge is 0.297 e. The molecule has 1 saturated heterocycles. The number of hydrogen-bond donors (Lipinski definition) is 0. The standard InChI is InChI=1S/C21H27NO5S/c1-16-4-10-21(11-5-16)28(23,24)27-15-20-13-22(17(2)14-26-20)12-18-6-8-19(25-3)9-7-18/h4-11,17,20H,12-15H2,1-3H3/t17-,20+/m1/s1. The number of rotatable bonds is 7. The average Bonchev–Trinajstić information content (AvgIpc) is 2.69. The molecule has 0 aromatic heterocycles. The van der Waals surface area contributed by atoms with Crippen molar-refractivity contribution < 1.29 is 22.1 Å². The Morgan fingerprint density at radius 3 is 2.43 bits per heavy atom. The Labute approximate surface area is 167 Å². The lowest BCUT2D eigenvalue weighted by molar-refractivity contribution is -0.0759. The van der Waals surface area contributed by atoms with Gasteiger partial charge >= 0.3 is 0 Å². The number of ether oxygens (including phenoxy) is 2. The molecule has 0 saturated carbocycles. The van der Waals surface area contributed by atoms with E-state index in [9.17, 15) is 8.42 Å². The molecule has 0 amide bonds. The van der Waals surface area contributed by atoms with Crippen molar-refractivity contribution in [2.75, 3.05) is 26.9 Å². The van der Waals surface area contributed by atoms with Crippen LogP contribution in [0.3, 0.4) is 0 Å². The molecule has 0 aliphatic carbocycles. The van der Waals surface area contributed by atoms with Crippen molar-refractivity contribution in [3.63, 3.8) is 0 Å². The molecule has 1 aliphatic heterocycles. The molecule has 1 heterocycles. The lowest BCUT2D eigenvalue weighted by Gasteiger charge is -2.37. The summed E-state index contributed by atoms with van der Waals surface area (Å²) in [5.41, 5.74) is 2.17. The zero-order chi connectivity index (χ0) is 20.1. The van der Waals surface area contributed by atoms with Crippen molar-refractivity contribution in [2.24, 2.45) is 0 Å². The van der Waals surface area contributed by atoms with E-state index in [-0.39, 0.29) is 23.6 Å². The number of nitrogens with zero attached hydrogens (tertiary/aromatic N) is 1. The number of hydrogen-bond acceptors (Lipinski definition) is 6. The van der Waals surface area contributed by atoms with Crippen molar-refractivity contribution in [1.29, 1.82) is 0 Å². The number of benzene rings is 2. The molecule has 0 N–H and O–H groups in total. The van der Waals surface area contributed by atoms with Crippen LogP contribution >= 0.6 is 0 Å². The van der Waals surface area contributed by atoms with Crippen molar-refractivity contribution in [2.45, 2.75) is 37.4 Å². The second kappa shape index (κ2) is 9.05. The molecule has 0 spiro atoms. The summed E-state index contributed by atoms with van der Waals surface area (Å²) in [6, 6.07) is 14.8. The molecule has 0 bridgehead atoms. The Balaban J connectivity index is 1.58. The molecule has 2 aromatic carbocycles. The van der Waals surface area contributed by atoms with Crippen LogP contribution in [0.1, 0.15) is 18.1 Å². The molecule has 0 unspecified atom stereocenters. The molecule has 28 heavy (non-hydrogen) atoms. The van der Waals surface area contributed by atoms with Crippen molar-refractivity contribution in [3.05, 3.63) is 59.7 Å². The fraction of sp³-hybridized carbons (Fsp3) is 0.429. The van der Waals surface area contributed by atoms with Gasteiger partial charge in [-0.05, 0) is 43.7 Å². The first-order chi connectivity index (χ1) is 13.4. The molecular weight excluding hydrogens is 378 g/mol. The van der Waals surface area contributed by atoms with E-state index in [1.165, 1.54) is 5.56 Å². The summed E-state index contributed by atoms with van der Waals surface area (Å²) >= 11 is 0. The average molecular weight is 406 g/mol. The minimum Gasteiger partial charge on any atom is -0.497 e. The zero-order valence-electron chi connectivity index (χ0n) is 16.5. The van der Waals surface area contributed by atoms with Crippen LogP contribution in [-0.4, -0.2) is 52.3 Å². The summed E-state index contributed by atoms with van der Waals surface area (Å²) in [7, 11) is -2.14. The lowest BCUT2D eigenvalue weighted by Crippen LogP contribution is -2.49. The van der Waals surface area contributed by atoms with Gasteiger partial charge in [-0.1, -0.05) is 29.8 Å². The zero-order valence-corrected chi connectivity index (χ0v) is 17.3. The minimum atomic E-state index is -3.79. The summed E-state index contributed by atoms with van der Waals surface area (Å²) in [5.74, 6) is 0.825. The van der Waals surface area contributed by atoms with Gasteiger partial charge in [0.25, 0.3) is 10.1 Å². The van der Waals surface area contributed by atoms with Crippen LogP contribution < -0.4 is 4.74 Å². The van der Waals surface area contributed by atoms with Gasteiger partial charge in [-0.25, -0.2) is 0 Å². The molecule has 0 radical (unpaired) electrons. The minimum absolute atomic E-state index is 0.00203. The summed E-state index contributed by atoms with van der Waals surface area (Å²) < 4.78 is 41.0. The van der Waals surface area contributed by atoms with Crippen LogP contribution in [0, 0.1) is 6.92 Å². The van der Waals surface area contributed by atoms with Gasteiger partial charge in [0.05, 0.1) is 31.3 Å². The SMILES string of the molecule is COc1ccc(CN2C[C@@H](COS(=O)(=O)c3ccc(C)cc3)OC[C@H]2C)cc1. The monoisotopic (exact) mass is 405 g/mol. The van der Waals surface area contributed by atoms with E-state index >= 15 is 0 Å². The Kier molecular flexibility index (Phi) is 6.72.